The molecule has 0 fully saturated rings. The number of anilines is 3. The summed E-state index contributed by atoms with van der Waals surface area (Å²) in [6.45, 7) is 0.339. The van der Waals surface area contributed by atoms with Crippen molar-refractivity contribution in [3.63, 3.8) is 0 Å². The molecule has 0 atom stereocenters. The van der Waals surface area contributed by atoms with Crippen molar-refractivity contribution in [1.29, 1.82) is 0 Å². The molecule has 0 aliphatic carbocycles. The fraction of sp³-hybridized carbons (Fsp3) is 0. The van der Waals surface area contributed by atoms with Gasteiger partial charge in [-0.25, -0.2) is 0 Å². The van der Waals surface area contributed by atoms with Gasteiger partial charge in [0.2, 0.25) is 13.4 Å². The first kappa shape index (κ1) is 25.5. The molecule has 218 valence electrons. The van der Waals surface area contributed by atoms with E-state index < -0.39 is 0 Å². The van der Waals surface area contributed by atoms with Gasteiger partial charge >= 0.3 is 0 Å². The highest BCUT2D eigenvalue weighted by Crippen LogP contribution is 2.49. The fourth-order valence-corrected chi connectivity index (χ4v) is 10.8. The zero-order chi connectivity index (χ0) is 31.1. The number of para-hydroxylation sites is 1. The van der Waals surface area contributed by atoms with Crippen molar-refractivity contribution in [2.24, 2.45) is 0 Å². The van der Waals surface area contributed by atoms with Gasteiger partial charge in [0.1, 0.15) is 0 Å². The number of benzene rings is 8. The minimum atomic E-state index is 0.159. The van der Waals surface area contributed by atoms with Crippen molar-refractivity contribution < 1.29 is 0 Å². The summed E-state index contributed by atoms with van der Waals surface area (Å²) >= 11 is 1.95. The molecule has 0 N–H and O–H groups in total. The van der Waals surface area contributed by atoms with Gasteiger partial charge in [0.05, 0.1) is 5.00 Å². The van der Waals surface area contributed by atoms with Gasteiger partial charge in [0.25, 0.3) is 0 Å². The van der Waals surface area contributed by atoms with E-state index in [1.807, 2.05) is 11.3 Å². The lowest BCUT2D eigenvalue weighted by molar-refractivity contribution is 1.35. The van der Waals surface area contributed by atoms with Crippen LogP contribution in [-0.2, 0) is 0 Å². The topological polar surface area (TPSA) is 3.24 Å². The molecule has 9 aromatic rings. The lowest BCUT2D eigenvalue weighted by atomic mass is 9.31. The number of hydrogen-bond acceptors (Lipinski definition) is 2. The first-order valence-corrected chi connectivity index (χ1v) is 17.7. The quantitative estimate of drug-likeness (QED) is 0.136. The number of fused-ring (bicyclic) bond motifs is 16. The molecule has 48 heavy (non-hydrogen) atoms. The van der Waals surface area contributed by atoms with Crippen LogP contribution in [0, 0.1) is 0 Å². The van der Waals surface area contributed by atoms with Crippen molar-refractivity contribution >= 4 is 116 Å². The summed E-state index contributed by atoms with van der Waals surface area (Å²) in [4.78, 5) is 2.68. The Bertz CT molecular complexity index is 2870. The van der Waals surface area contributed by atoms with E-state index in [0.717, 1.165) is 0 Å². The van der Waals surface area contributed by atoms with E-state index in [9.17, 15) is 0 Å². The molecule has 1 nitrogen and oxygen atoms in total. The van der Waals surface area contributed by atoms with Crippen LogP contribution < -0.4 is 37.7 Å². The third kappa shape index (κ3) is 3.01. The monoisotopic (exact) mass is 621 g/mol. The van der Waals surface area contributed by atoms with Crippen LogP contribution in [0.4, 0.5) is 16.4 Å². The molecule has 8 aromatic carbocycles. The van der Waals surface area contributed by atoms with Crippen molar-refractivity contribution in [3.8, 4) is 11.1 Å². The Morgan fingerprint density at radius 2 is 1.06 bits per heavy atom. The van der Waals surface area contributed by atoms with E-state index in [1.54, 1.807) is 0 Å². The van der Waals surface area contributed by atoms with Gasteiger partial charge in [-0.05, 0) is 82.8 Å². The summed E-state index contributed by atoms with van der Waals surface area (Å²) in [6, 6.07) is 57.2. The van der Waals surface area contributed by atoms with Crippen molar-refractivity contribution in [1.82, 2.24) is 0 Å². The highest BCUT2D eigenvalue weighted by atomic mass is 32.1. The fourth-order valence-electron chi connectivity index (χ4n) is 9.56. The minimum absolute atomic E-state index is 0.159. The molecule has 4 heterocycles. The van der Waals surface area contributed by atoms with Crippen LogP contribution in [0.15, 0.2) is 152 Å². The van der Waals surface area contributed by atoms with E-state index in [1.165, 1.54) is 103 Å². The molecule has 1 aromatic heterocycles. The number of nitrogens with zero attached hydrogens (tertiary/aromatic N) is 1. The number of hydrogen-bond donors (Lipinski definition) is 0. The smallest absolute Gasteiger partial charge is 0.248 e. The zero-order valence-corrected chi connectivity index (χ0v) is 26.8. The summed E-state index contributed by atoms with van der Waals surface area (Å²) in [5.74, 6) is 0. The average Bonchev–Trinajstić information content (AvgIpc) is 3.71. The molecule has 0 saturated heterocycles. The van der Waals surface area contributed by atoms with E-state index in [2.05, 4.69) is 157 Å². The Hall–Kier alpha value is -5.57. The van der Waals surface area contributed by atoms with E-state index in [0.29, 0.717) is 0 Å². The molecule has 4 heteroatoms. The molecule has 0 saturated carbocycles. The predicted molar refractivity (Wildman–Crippen MR) is 210 cm³/mol. The second kappa shape index (κ2) is 9.07. The van der Waals surface area contributed by atoms with Gasteiger partial charge in [-0.3, -0.25) is 0 Å². The van der Waals surface area contributed by atoms with Gasteiger partial charge in [-0.2, -0.15) is 0 Å². The Balaban J connectivity index is 1.31. The van der Waals surface area contributed by atoms with Crippen LogP contribution in [0.3, 0.4) is 0 Å². The van der Waals surface area contributed by atoms with Gasteiger partial charge < -0.3 is 4.90 Å². The molecule has 3 aliphatic rings. The van der Waals surface area contributed by atoms with Crippen LogP contribution in [0.2, 0.25) is 0 Å². The van der Waals surface area contributed by atoms with E-state index in [-0.39, 0.29) is 13.4 Å². The summed E-state index contributed by atoms with van der Waals surface area (Å²) in [7, 11) is 0. The standard InChI is InChI=1S/C44H25B2NS/c1-2-13-26(14-3-1)45-35-22-12-23-36-43(35)47(44-41(45)32-20-9-11-24-38(32)48-44)37-25-33-29-17-5-4-15-27(29)28-16-6-7-18-30(28)39(33)40-31-19-8-10-21-34(31)46(36)42(37)40/h1-25H. The molecule has 3 aliphatic heterocycles. The number of thiophene rings is 1. The largest absolute Gasteiger partial charge is 0.304 e. The second-order valence-electron chi connectivity index (χ2n) is 13.5. The summed E-state index contributed by atoms with van der Waals surface area (Å²) in [6.07, 6.45) is 0. The van der Waals surface area contributed by atoms with Crippen LogP contribution in [0.1, 0.15) is 0 Å². The van der Waals surface area contributed by atoms with Crippen LogP contribution >= 0.6 is 11.3 Å². The van der Waals surface area contributed by atoms with Crippen molar-refractivity contribution in [2.45, 2.75) is 0 Å². The minimum Gasteiger partial charge on any atom is -0.304 e. The Labute approximate surface area is 282 Å². The van der Waals surface area contributed by atoms with Crippen LogP contribution in [0.25, 0.3) is 53.5 Å². The maximum Gasteiger partial charge on any atom is 0.248 e. The van der Waals surface area contributed by atoms with Gasteiger partial charge in [0, 0.05) is 16.1 Å². The van der Waals surface area contributed by atoms with Crippen molar-refractivity contribution in [3.05, 3.63) is 152 Å². The summed E-state index contributed by atoms with van der Waals surface area (Å²) in [5, 5.41) is 10.7. The Kier molecular flexibility index (Phi) is 4.82. The Morgan fingerprint density at radius 3 is 1.88 bits per heavy atom. The number of rotatable bonds is 1. The van der Waals surface area contributed by atoms with Gasteiger partial charge in [0.15, 0.2) is 0 Å². The summed E-state index contributed by atoms with van der Waals surface area (Å²) < 4.78 is 1.34. The third-order valence-electron chi connectivity index (χ3n) is 11.3. The molecule has 0 unspecified atom stereocenters. The molecule has 0 bridgehead atoms. The maximum absolute atomic E-state index is 2.68. The molecular weight excluding hydrogens is 596 g/mol. The van der Waals surface area contributed by atoms with Crippen LogP contribution in [0.5, 0.6) is 0 Å². The highest BCUT2D eigenvalue weighted by molar-refractivity contribution is 7.26. The van der Waals surface area contributed by atoms with Gasteiger partial charge in [-0.15, -0.1) is 11.3 Å². The molecule has 0 radical (unpaired) electrons. The maximum atomic E-state index is 2.68. The third-order valence-corrected chi connectivity index (χ3v) is 12.5. The molecule has 0 spiro atoms. The second-order valence-corrected chi connectivity index (χ2v) is 14.5. The SMILES string of the molecule is c1ccc(B2c3cccc4c3N(c3cc5c6ccccc6c6ccccc6c5c5c3B4c3ccccc3-5)c3sc4ccccc4c32)cc1. The van der Waals surface area contributed by atoms with E-state index in [4.69, 9.17) is 0 Å². The lowest BCUT2D eigenvalue weighted by Gasteiger charge is -2.42. The zero-order valence-electron chi connectivity index (χ0n) is 25.9. The first-order chi connectivity index (χ1) is 23.9. The molecule has 12 rings (SSSR count). The molecular formula is C44H25B2NS. The Morgan fingerprint density at radius 1 is 0.458 bits per heavy atom. The van der Waals surface area contributed by atoms with Gasteiger partial charge in [-0.1, -0.05) is 150 Å². The normalized spacial score (nSPS) is 13.7. The first-order valence-electron chi connectivity index (χ1n) is 16.9. The van der Waals surface area contributed by atoms with Crippen LogP contribution in [-0.4, -0.2) is 13.4 Å². The van der Waals surface area contributed by atoms with E-state index >= 15 is 0 Å². The lowest BCUT2D eigenvalue weighted by Crippen LogP contribution is -2.63. The average molecular weight is 621 g/mol. The van der Waals surface area contributed by atoms with Crippen molar-refractivity contribution in [2.75, 3.05) is 4.90 Å². The highest BCUT2D eigenvalue weighted by Gasteiger charge is 2.48. The molecule has 0 amide bonds. The predicted octanol–water partition coefficient (Wildman–Crippen LogP) is 7.47. The summed E-state index contributed by atoms with van der Waals surface area (Å²) in [5.41, 5.74) is 14.0.